The average Bonchev–Trinajstić information content (AvgIpc) is 3.27. The van der Waals surface area contributed by atoms with E-state index in [1.807, 2.05) is 0 Å². The molecule has 0 saturated heterocycles. The molecule has 0 unspecified atom stereocenters. The number of pyridine rings is 1. The molecule has 2 rings (SSSR count). The largest absolute Gasteiger partial charge is 0.354 e. The quantitative estimate of drug-likeness (QED) is 0.654. The number of carbonyl (C=O) groups is 2. The van der Waals surface area contributed by atoms with Gasteiger partial charge in [-0.25, -0.2) is 0 Å². The lowest BCUT2D eigenvalue weighted by atomic mass is 10.2. The molecule has 1 saturated carbocycles. The molecular formula is C13H19ClN4O2. The molecule has 110 valence electrons. The summed E-state index contributed by atoms with van der Waals surface area (Å²) in [6.07, 6.45) is 3.53. The van der Waals surface area contributed by atoms with Gasteiger partial charge in [0.25, 0.3) is 5.91 Å². The Morgan fingerprint density at radius 1 is 1.30 bits per heavy atom. The molecule has 0 aliphatic heterocycles. The van der Waals surface area contributed by atoms with Crippen LogP contribution in [0, 0.1) is 5.92 Å². The molecule has 1 aromatic rings. The molecule has 1 fully saturated rings. The van der Waals surface area contributed by atoms with E-state index in [-0.39, 0.29) is 30.1 Å². The van der Waals surface area contributed by atoms with Crippen molar-refractivity contribution in [2.45, 2.75) is 19.4 Å². The number of nitrogens with two attached hydrogens (primary N) is 1. The van der Waals surface area contributed by atoms with Gasteiger partial charge in [-0.1, -0.05) is 0 Å². The van der Waals surface area contributed by atoms with Crippen LogP contribution in [0.4, 0.5) is 0 Å². The van der Waals surface area contributed by atoms with E-state index in [9.17, 15) is 9.59 Å². The molecule has 1 aliphatic carbocycles. The molecule has 2 amide bonds. The van der Waals surface area contributed by atoms with Crippen molar-refractivity contribution >= 4 is 24.2 Å². The van der Waals surface area contributed by atoms with Gasteiger partial charge in [0.05, 0.1) is 5.69 Å². The molecule has 1 aliphatic rings. The minimum Gasteiger partial charge on any atom is -0.354 e. The zero-order valence-electron chi connectivity index (χ0n) is 11.1. The molecular weight excluding hydrogens is 280 g/mol. The third-order valence-electron chi connectivity index (χ3n) is 2.95. The average molecular weight is 299 g/mol. The second kappa shape index (κ2) is 7.81. The molecule has 0 bridgehead atoms. The molecule has 0 atom stereocenters. The molecule has 4 N–H and O–H groups in total. The van der Waals surface area contributed by atoms with Gasteiger partial charge in [-0.05, 0) is 25.0 Å². The van der Waals surface area contributed by atoms with E-state index in [0.717, 1.165) is 12.8 Å². The molecule has 7 heteroatoms. The summed E-state index contributed by atoms with van der Waals surface area (Å²) >= 11 is 0. The summed E-state index contributed by atoms with van der Waals surface area (Å²) in [6.45, 7) is 1.17. The first-order valence-corrected chi connectivity index (χ1v) is 6.41. The van der Waals surface area contributed by atoms with Crippen molar-refractivity contribution in [3.05, 3.63) is 29.6 Å². The highest BCUT2D eigenvalue weighted by atomic mass is 35.5. The molecule has 0 spiro atoms. The summed E-state index contributed by atoms with van der Waals surface area (Å²) in [6, 6.07) is 3.30. The molecule has 6 nitrogen and oxygen atoms in total. The fourth-order valence-electron chi connectivity index (χ4n) is 1.68. The van der Waals surface area contributed by atoms with Gasteiger partial charge in [-0.15, -0.1) is 12.4 Å². The number of amides is 2. The van der Waals surface area contributed by atoms with Gasteiger partial charge < -0.3 is 16.4 Å². The predicted molar refractivity (Wildman–Crippen MR) is 77.4 cm³/mol. The van der Waals surface area contributed by atoms with Crippen molar-refractivity contribution in [1.82, 2.24) is 15.6 Å². The summed E-state index contributed by atoms with van der Waals surface area (Å²) < 4.78 is 0. The maximum absolute atomic E-state index is 11.8. The first-order chi connectivity index (χ1) is 9.20. The minimum absolute atomic E-state index is 0. The Bertz CT molecular complexity index is 477. The molecule has 1 aromatic heterocycles. The van der Waals surface area contributed by atoms with Crippen LogP contribution in [0.25, 0.3) is 0 Å². The van der Waals surface area contributed by atoms with Gasteiger partial charge in [0.2, 0.25) is 5.91 Å². The summed E-state index contributed by atoms with van der Waals surface area (Å²) in [5.74, 6) is 0.101. The van der Waals surface area contributed by atoms with Crippen LogP contribution in [0.5, 0.6) is 0 Å². The highest BCUT2D eigenvalue weighted by Gasteiger charge is 2.28. The highest BCUT2D eigenvalue weighted by molar-refractivity contribution is 5.94. The Balaban J connectivity index is 0.00000200. The Morgan fingerprint density at radius 3 is 2.65 bits per heavy atom. The van der Waals surface area contributed by atoms with Gasteiger partial charge in [-0.2, -0.15) is 0 Å². The standard InChI is InChI=1S/C13H18N4O2.ClH/c14-8-11-7-10(3-4-15-11)13(19)17-6-5-16-12(18)9-1-2-9;/h3-4,7,9H,1-2,5-6,8,14H2,(H,16,18)(H,17,19);1H. The van der Waals surface area contributed by atoms with Crippen molar-refractivity contribution in [3.8, 4) is 0 Å². The van der Waals surface area contributed by atoms with Crippen LogP contribution in [-0.4, -0.2) is 29.9 Å². The molecule has 1 heterocycles. The van der Waals surface area contributed by atoms with Gasteiger partial charge in [0.1, 0.15) is 0 Å². The number of carbonyl (C=O) groups excluding carboxylic acids is 2. The van der Waals surface area contributed by atoms with Gasteiger partial charge in [0.15, 0.2) is 0 Å². The van der Waals surface area contributed by atoms with E-state index in [1.54, 1.807) is 18.3 Å². The van der Waals surface area contributed by atoms with Crippen LogP contribution in [0.3, 0.4) is 0 Å². The van der Waals surface area contributed by atoms with E-state index < -0.39 is 0 Å². The lowest BCUT2D eigenvalue weighted by Gasteiger charge is -2.07. The summed E-state index contributed by atoms with van der Waals surface area (Å²) in [5.41, 5.74) is 6.67. The minimum atomic E-state index is -0.183. The van der Waals surface area contributed by atoms with E-state index in [1.165, 1.54) is 0 Å². The van der Waals surface area contributed by atoms with Crippen molar-refractivity contribution in [1.29, 1.82) is 0 Å². The van der Waals surface area contributed by atoms with Crippen LogP contribution >= 0.6 is 12.4 Å². The van der Waals surface area contributed by atoms with E-state index >= 15 is 0 Å². The Labute approximate surface area is 123 Å². The zero-order valence-corrected chi connectivity index (χ0v) is 11.9. The van der Waals surface area contributed by atoms with Gasteiger partial charge >= 0.3 is 0 Å². The van der Waals surface area contributed by atoms with E-state index in [0.29, 0.717) is 30.9 Å². The zero-order chi connectivity index (χ0) is 13.7. The SMILES string of the molecule is Cl.NCc1cc(C(=O)NCCNC(=O)C2CC2)ccn1. The highest BCUT2D eigenvalue weighted by Crippen LogP contribution is 2.28. The Morgan fingerprint density at radius 2 is 2.00 bits per heavy atom. The summed E-state index contributed by atoms with van der Waals surface area (Å²) in [5, 5.41) is 5.53. The van der Waals surface area contributed by atoms with E-state index in [4.69, 9.17) is 5.73 Å². The molecule has 0 radical (unpaired) electrons. The number of aromatic nitrogens is 1. The number of nitrogens with zero attached hydrogens (tertiary/aromatic N) is 1. The van der Waals surface area contributed by atoms with Gasteiger partial charge in [-0.3, -0.25) is 14.6 Å². The summed E-state index contributed by atoms with van der Waals surface area (Å²) in [7, 11) is 0. The second-order valence-electron chi connectivity index (χ2n) is 4.56. The topological polar surface area (TPSA) is 97.1 Å². The summed E-state index contributed by atoms with van der Waals surface area (Å²) in [4.78, 5) is 27.2. The number of nitrogens with one attached hydrogen (secondary N) is 2. The number of halogens is 1. The van der Waals surface area contributed by atoms with Crippen LogP contribution in [0.1, 0.15) is 28.9 Å². The first-order valence-electron chi connectivity index (χ1n) is 6.41. The van der Waals surface area contributed by atoms with Crippen LogP contribution in [0.15, 0.2) is 18.3 Å². The Kier molecular flexibility index (Phi) is 6.41. The van der Waals surface area contributed by atoms with Crippen molar-refractivity contribution in [2.24, 2.45) is 11.7 Å². The number of rotatable bonds is 6. The van der Waals surface area contributed by atoms with Gasteiger partial charge in [0, 0.05) is 37.3 Å². The maximum atomic E-state index is 11.8. The fourth-order valence-corrected chi connectivity index (χ4v) is 1.68. The van der Waals surface area contributed by atoms with Crippen molar-refractivity contribution < 1.29 is 9.59 Å². The van der Waals surface area contributed by atoms with Crippen LogP contribution in [-0.2, 0) is 11.3 Å². The maximum Gasteiger partial charge on any atom is 0.251 e. The monoisotopic (exact) mass is 298 g/mol. The second-order valence-corrected chi connectivity index (χ2v) is 4.56. The van der Waals surface area contributed by atoms with Crippen molar-refractivity contribution in [2.75, 3.05) is 13.1 Å². The molecule has 0 aromatic carbocycles. The first kappa shape index (κ1) is 16.4. The third kappa shape index (κ3) is 4.79. The van der Waals surface area contributed by atoms with Crippen molar-refractivity contribution in [3.63, 3.8) is 0 Å². The smallest absolute Gasteiger partial charge is 0.251 e. The van der Waals surface area contributed by atoms with E-state index in [2.05, 4.69) is 15.6 Å². The normalized spacial score (nSPS) is 13.2. The van der Waals surface area contributed by atoms with Crippen LogP contribution < -0.4 is 16.4 Å². The lowest BCUT2D eigenvalue weighted by molar-refractivity contribution is -0.122. The van der Waals surface area contributed by atoms with Crippen LogP contribution in [0.2, 0.25) is 0 Å². The number of hydrogen-bond donors (Lipinski definition) is 3. The molecule has 20 heavy (non-hydrogen) atoms. The predicted octanol–water partition coefficient (Wildman–Crippen LogP) is 0.218. The lowest BCUT2D eigenvalue weighted by Crippen LogP contribution is -2.35. The third-order valence-corrected chi connectivity index (χ3v) is 2.95. The number of hydrogen-bond acceptors (Lipinski definition) is 4. The Hall–Kier alpha value is -1.66. The fraction of sp³-hybridized carbons (Fsp3) is 0.462.